The van der Waals surface area contributed by atoms with Crippen LogP contribution in [0, 0.1) is 0 Å². The largest absolute Gasteiger partial charge is 0.482 e. The van der Waals surface area contributed by atoms with Crippen LogP contribution < -0.4 is 15.4 Å². The summed E-state index contributed by atoms with van der Waals surface area (Å²) >= 11 is 4.14. The van der Waals surface area contributed by atoms with Crippen molar-refractivity contribution in [2.24, 2.45) is 5.73 Å². The van der Waals surface area contributed by atoms with Gasteiger partial charge in [0.25, 0.3) is 5.91 Å². The predicted octanol–water partition coefficient (Wildman–Crippen LogP) is 0.929. The number of carbonyl (C=O) groups excluding carboxylic acids is 1. The zero-order chi connectivity index (χ0) is 11.0. The maximum atomic E-state index is 11.4. The van der Waals surface area contributed by atoms with Crippen molar-refractivity contribution in [1.82, 2.24) is 0 Å². The molecule has 2 rings (SSSR count). The molecule has 0 saturated carbocycles. The molecule has 1 atom stereocenters. The minimum atomic E-state index is -0.347. The van der Waals surface area contributed by atoms with E-state index in [1.54, 1.807) is 11.9 Å². The number of rotatable bonds is 1. The molecule has 0 bridgehead atoms. The third-order valence-electron chi connectivity index (χ3n) is 2.41. The van der Waals surface area contributed by atoms with Gasteiger partial charge in [-0.15, -0.1) is 0 Å². The second-order valence-corrected chi connectivity index (χ2v) is 3.97. The molecular formula is C10H12N2O2S. The first kappa shape index (κ1) is 10.3. The van der Waals surface area contributed by atoms with Gasteiger partial charge in [0.05, 0.1) is 11.1 Å². The van der Waals surface area contributed by atoms with Crippen LogP contribution in [-0.4, -0.2) is 19.6 Å². The van der Waals surface area contributed by atoms with Crippen molar-refractivity contribution in [3.8, 4) is 5.75 Å². The maximum absolute atomic E-state index is 11.4. The molecule has 15 heavy (non-hydrogen) atoms. The van der Waals surface area contributed by atoms with Gasteiger partial charge in [-0.05, 0) is 17.7 Å². The number of likely N-dealkylation sites (N-methyl/N-ethyl adjacent to an activating group) is 1. The van der Waals surface area contributed by atoms with E-state index in [0.29, 0.717) is 5.75 Å². The lowest BCUT2D eigenvalue weighted by Crippen LogP contribution is -2.35. The van der Waals surface area contributed by atoms with E-state index in [0.717, 1.165) is 11.3 Å². The maximum Gasteiger partial charge on any atom is 0.264 e. The van der Waals surface area contributed by atoms with Gasteiger partial charge in [-0.1, -0.05) is 6.07 Å². The Bertz CT molecular complexity index is 406. The summed E-state index contributed by atoms with van der Waals surface area (Å²) in [7, 11) is 1.72. The standard InChI is InChI=1S/C10H12N2O2S/c1-12-7-4-6(10(11)15)2-3-8(7)14-5-9(12)13/h2-4,10,15H,5,11H2,1H3. The fourth-order valence-corrected chi connectivity index (χ4v) is 1.63. The molecule has 1 aromatic carbocycles. The number of thiol groups is 1. The fraction of sp³-hybridized carbons (Fsp3) is 0.300. The van der Waals surface area contributed by atoms with Crippen molar-refractivity contribution in [3.05, 3.63) is 23.8 Å². The summed E-state index contributed by atoms with van der Waals surface area (Å²) in [5, 5.41) is -0.347. The Morgan fingerprint density at radius 1 is 1.60 bits per heavy atom. The van der Waals surface area contributed by atoms with Crippen LogP contribution in [0.1, 0.15) is 10.9 Å². The first-order valence-corrected chi connectivity index (χ1v) is 5.08. The number of carbonyl (C=O) groups is 1. The highest BCUT2D eigenvalue weighted by molar-refractivity contribution is 7.80. The molecule has 1 aliphatic heterocycles. The molecule has 2 N–H and O–H groups in total. The lowest BCUT2D eigenvalue weighted by molar-refractivity contribution is -0.120. The van der Waals surface area contributed by atoms with E-state index in [2.05, 4.69) is 12.6 Å². The number of hydrogen-bond acceptors (Lipinski definition) is 4. The summed E-state index contributed by atoms with van der Waals surface area (Å²) in [6.07, 6.45) is 0. The number of ether oxygens (including phenoxy) is 1. The molecule has 1 unspecified atom stereocenters. The predicted molar refractivity (Wildman–Crippen MR) is 61.3 cm³/mol. The molecule has 1 aromatic rings. The smallest absolute Gasteiger partial charge is 0.264 e. The van der Waals surface area contributed by atoms with E-state index in [-0.39, 0.29) is 17.9 Å². The zero-order valence-electron chi connectivity index (χ0n) is 8.30. The quantitative estimate of drug-likeness (QED) is 0.551. The Morgan fingerprint density at radius 2 is 2.33 bits per heavy atom. The number of fused-ring (bicyclic) bond motifs is 1. The van der Waals surface area contributed by atoms with Crippen LogP contribution in [0.5, 0.6) is 5.75 Å². The van der Waals surface area contributed by atoms with Crippen molar-refractivity contribution in [2.75, 3.05) is 18.6 Å². The lowest BCUT2D eigenvalue weighted by Gasteiger charge is -2.26. The number of nitrogens with two attached hydrogens (primary N) is 1. The molecule has 0 spiro atoms. The van der Waals surface area contributed by atoms with Gasteiger partial charge in [-0.2, -0.15) is 12.6 Å². The average molecular weight is 224 g/mol. The summed E-state index contributed by atoms with van der Waals surface area (Å²) < 4.78 is 5.28. The molecule has 0 radical (unpaired) electrons. The van der Waals surface area contributed by atoms with Crippen LogP contribution >= 0.6 is 12.6 Å². The van der Waals surface area contributed by atoms with Gasteiger partial charge in [0.1, 0.15) is 5.75 Å². The fourth-order valence-electron chi connectivity index (χ4n) is 1.47. The minimum Gasteiger partial charge on any atom is -0.482 e. The Labute approximate surface area is 93.4 Å². The third-order valence-corrected chi connectivity index (χ3v) is 2.71. The average Bonchev–Trinajstić information content (AvgIpc) is 2.23. The SMILES string of the molecule is CN1C(=O)COc2ccc(C(N)S)cc21. The topological polar surface area (TPSA) is 55.6 Å². The van der Waals surface area contributed by atoms with E-state index in [1.807, 2.05) is 18.2 Å². The normalized spacial score (nSPS) is 17.0. The number of anilines is 1. The Hall–Kier alpha value is -1.20. The molecule has 1 amide bonds. The van der Waals surface area contributed by atoms with Crippen molar-refractivity contribution < 1.29 is 9.53 Å². The first-order chi connectivity index (χ1) is 7.09. The third kappa shape index (κ3) is 1.80. The van der Waals surface area contributed by atoms with Gasteiger partial charge in [0.2, 0.25) is 0 Å². The second-order valence-electron chi connectivity index (χ2n) is 3.41. The lowest BCUT2D eigenvalue weighted by atomic mass is 10.1. The van der Waals surface area contributed by atoms with Crippen LogP contribution in [0.4, 0.5) is 5.69 Å². The van der Waals surface area contributed by atoms with E-state index >= 15 is 0 Å². The molecule has 0 fully saturated rings. The van der Waals surface area contributed by atoms with Gasteiger partial charge in [-0.3, -0.25) is 4.79 Å². The van der Waals surface area contributed by atoms with E-state index in [9.17, 15) is 4.79 Å². The molecule has 0 aromatic heterocycles. The van der Waals surface area contributed by atoms with Crippen LogP contribution in [0.2, 0.25) is 0 Å². The van der Waals surface area contributed by atoms with Crippen molar-refractivity contribution >= 4 is 24.2 Å². The van der Waals surface area contributed by atoms with Gasteiger partial charge in [0.15, 0.2) is 6.61 Å². The summed E-state index contributed by atoms with van der Waals surface area (Å²) in [6.45, 7) is 0.0930. The minimum absolute atomic E-state index is 0.0626. The van der Waals surface area contributed by atoms with Gasteiger partial charge >= 0.3 is 0 Å². The zero-order valence-corrected chi connectivity index (χ0v) is 9.20. The Balaban J connectivity index is 2.45. The molecule has 0 saturated heterocycles. The van der Waals surface area contributed by atoms with Crippen LogP contribution in [-0.2, 0) is 4.79 Å². The number of hydrogen-bond donors (Lipinski definition) is 2. The molecule has 1 heterocycles. The Kier molecular flexibility index (Phi) is 2.58. The molecule has 4 nitrogen and oxygen atoms in total. The van der Waals surface area contributed by atoms with Gasteiger partial charge < -0.3 is 15.4 Å². The molecule has 0 aliphatic carbocycles. The molecule has 80 valence electrons. The van der Waals surface area contributed by atoms with Crippen LogP contribution in [0.25, 0.3) is 0 Å². The first-order valence-electron chi connectivity index (χ1n) is 4.56. The summed E-state index contributed by atoms with van der Waals surface area (Å²) in [5.41, 5.74) is 7.25. The molecular weight excluding hydrogens is 212 g/mol. The number of benzene rings is 1. The van der Waals surface area contributed by atoms with E-state index in [4.69, 9.17) is 10.5 Å². The highest BCUT2D eigenvalue weighted by Gasteiger charge is 2.22. The molecule has 1 aliphatic rings. The summed E-state index contributed by atoms with van der Waals surface area (Å²) in [4.78, 5) is 13.0. The highest BCUT2D eigenvalue weighted by Crippen LogP contribution is 2.33. The van der Waals surface area contributed by atoms with Crippen molar-refractivity contribution in [1.29, 1.82) is 0 Å². The number of nitrogens with zero attached hydrogens (tertiary/aromatic N) is 1. The Morgan fingerprint density at radius 3 is 3.00 bits per heavy atom. The van der Waals surface area contributed by atoms with E-state index < -0.39 is 0 Å². The number of amides is 1. The second kappa shape index (κ2) is 3.75. The monoisotopic (exact) mass is 224 g/mol. The summed E-state index contributed by atoms with van der Waals surface area (Å²) in [6, 6.07) is 5.48. The van der Waals surface area contributed by atoms with Crippen LogP contribution in [0.15, 0.2) is 18.2 Å². The highest BCUT2D eigenvalue weighted by atomic mass is 32.1. The van der Waals surface area contributed by atoms with Gasteiger partial charge in [0, 0.05) is 7.05 Å². The van der Waals surface area contributed by atoms with Gasteiger partial charge in [-0.25, -0.2) is 0 Å². The summed E-state index contributed by atoms with van der Waals surface area (Å²) in [5.74, 6) is 0.641. The van der Waals surface area contributed by atoms with Crippen molar-refractivity contribution in [3.63, 3.8) is 0 Å². The van der Waals surface area contributed by atoms with Crippen LogP contribution in [0.3, 0.4) is 0 Å². The molecule has 5 heteroatoms. The van der Waals surface area contributed by atoms with Crippen molar-refractivity contribution in [2.45, 2.75) is 5.37 Å². The van der Waals surface area contributed by atoms with E-state index in [1.165, 1.54) is 0 Å².